The molecule has 2 heterocycles. The molecule has 2 aliphatic rings. The summed E-state index contributed by atoms with van der Waals surface area (Å²) in [7, 11) is -1.94. The van der Waals surface area contributed by atoms with Crippen LogP contribution in [-0.4, -0.2) is 55.2 Å². The maximum absolute atomic E-state index is 13.8. The van der Waals surface area contributed by atoms with Gasteiger partial charge in [0.15, 0.2) is 5.03 Å². The summed E-state index contributed by atoms with van der Waals surface area (Å²) >= 11 is 0. The third kappa shape index (κ3) is 4.87. The number of ether oxygens (including phenoxy) is 1. The summed E-state index contributed by atoms with van der Waals surface area (Å²) in [5.41, 5.74) is 3.55. The average molecular weight is 485 g/mol. The second kappa shape index (κ2) is 9.48. The molecule has 1 aromatic heterocycles. The second-order valence-corrected chi connectivity index (χ2v) is 10.8. The van der Waals surface area contributed by atoms with Crippen molar-refractivity contribution in [2.45, 2.75) is 36.2 Å². The van der Waals surface area contributed by atoms with Gasteiger partial charge in [0.25, 0.3) is 10.0 Å². The molecule has 0 bridgehead atoms. The minimum atomic E-state index is -3.66. The molecule has 2 atom stereocenters. The zero-order valence-corrected chi connectivity index (χ0v) is 20.0. The number of aromatic nitrogens is 2. The van der Waals surface area contributed by atoms with E-state index < -0.39 is 10.0 Å². The molecule has 9 heteroatoms. The maximum Gasteiger partial charge on any atom is 0.259 e. The summed E-state index contributed by atoms with van der Waals surface area (Å²) in [6, 6.07) is 13.4. The molecule has 1 fully saturated rings. The van der Waals surface area contributed by atoms with Gasteiger partial charge in [-0.1, -0.05) is 18.2 Å². The number of likely N-dealkylation sites (tertiary alicyclic amines) is 1. The molecule has 0 radical (unpaired) electrons. The van der Waals surface area contributed by atoms with E-state index in [0.29, 0.717) is 11.8 Å². The Hall–Kier alpha value is -2.75. The molecule has 1 aliphatic heterocycles. The summed E-state index contributed by atoms with van der Waals surface area (Å²) in [6.45, 7) is 2.56. The number of aryl methyl sites for hydroxylation is 1. The fourth-order valence-electron chi connectivity index (χ4n) is 4.93. The van der Waals surface area contributed by atoms with E-state index in [-0.39, 0.29) is 29.9 Å². The van der Waals surface area contributed by atoms with Gasteiger partial charge in [-0.15, -0.1) is 0 Å². The van der Waals surface area contributed by atoms with E-state index >= 15 is 0 Å². The Morgan fingerprint density at radius 1 is 1.21 bits per heavy atom. The highest BCUT2D eigenvalue weighted by molar-refractivity contribution is 7.89. The van der Waals surface area contributed by atoms with Crippen molar-refractivity contribution in [2.24, 2.45) is 7.05 Å². The summed E-state index contributed by atoms with van der Waals surface area (Å²) in [6.07, 6.45) is 5.89. The predicted molar refractivity (Wildman–Crippen MR) is 127 cm³/mol. The molecule has 5 rings (SSSR count). The monoisotopic (exact) mass is 484 g/mol. The molecule has 7 nitrogen and oxygen atoms in total. The molecule has 0 amide bonds. The summed E-state index contributed by atoms with van der Waals surface area (Å²) < 4.78 is 48.4. The lowest BCUT2D eigenvalue weighted by atomic mass is 9.89. The van der Waals surface area contributed by atoms with Crippen LogP contribution in [-0.2, 0) is 29.9 Å². The fourth-order valence-corrected chi connectivity index (χ4v) is 5.93. The Labute approximate surface area is 199 Å². The van der Waals surface area contributed by atoms with Crippen molar-refractivity contribution < 1.29 is 17.5 Å². The molecule has 1 N–H and O–H groups in total. The Morgan fingerprint density at radius 3 is 2.76 bits per heavy atom. The molecule has 1 aliphatic carbocycles. The van der Waals surface area contributed by atoms with Crippen LogP contribution in [0.15, 0.2) is 60.0 Å². The number of nitrogens with one attached hydrogen (secondary N) is 1. The number of hydrogen-bond acceptors (Lipinski definition) is 5. The van der Waals surface area contributed by atoms with Crippen molar-refractivity contribution in [3.05, 3.63) is 77.5 Å². The molecule has 0 saturated carbocycles. The third-order valence-corrected chi connectivity index (χ3v) is 8.08. The molecule has 2 aromatic carbocycles. The lowest BCUT2D eigenvalue weighted by Gasteiger charge is -2.39. The van der Waals surface area contributed by atoms with Crippen molar-refractivity contribution in [1.82, 2.24) is 19.2 Å². The molecule has 180 valence electrons. The van der Waals surface area contributed by atoms with Gasteiger partial charge in [-0.25, -0.2) is 22.5 Å². The Bertz CT molecular complexity index is 1270. The third-order valence-electron chi connectivity index (χ3n) is 6.73. The van der Waals surface area contributed by atoms with Gasteiger partial charge >= 0.3 is 0 Å². The van der Waals surface area contributed by atoms with Crippen LogP contribution in [0.4, 0.5) is 4.39 Å². The van der Waals surface area contributed by atoms with E-state index in [1.165, 1.54) is 36.1 Å². The van der Waals surface area contributed by atoms with Crippen molar-refractivity contribution in [3.8, 4) is 5.75 Å². The molecule has 34 heavy (non-hydrogen) atoms. The van der Waals surface area contributed by atoms with Crippen LogP contribution < -0.4 is 9.46 Å². The Morgan fingerprint density at radius 2 is 2.06 bits per heavy atom. The highest BCUT2D eigenvalue weighted by Gasteiger charge is 2.38. The predicted octanol–water partition coefficient (Wildman–Crippen LogP) is 2.87. The summed E-state index contributed by atoms with van der Waals surface area (Å²) in [5.74, 6) is 0.772. The fraction of sp³-hybridized carbons (Fsp3) is 0.400. The number of nitrogens with zero attached hydrogens (tertiary/aromatic N) is 3. The SMILES string of the molecule is Cn1cnc(S(=O)(=O)NCCOc2ccc3c(c2)C(Cc2cccc(F)c2)C(N2CCC2)C3)c1. The molecule has 3 aromatic rings. The first-order valence-corrected chi connectivity index (χ1v) is 13.1. The Kier molecular flexibility index (Phi) is 6.42. The first-order valence-electron chi connectivity index (χ1n) is 11.6. The minimum absolute atomic E-state index is 0.00948. The smallest absolute Gasteiger partial charge is 0.259 e. The topological polar surface area (TPSA) is 76.5 Å². The highest BCUT2D eigenvalue weighted by atomic mass is 32.2. The Balaban J connectivity index is 1.26. The van der Waals surface area contributed by atoms with Gasteiger partial charge in [-0.2, -0.15) is 0 Å². The van der Waals surface area contributed by atoms with E-state index in [9.17, 15) is 12.8 Å². The van der Waals surface area contributed by atoms with Crippen LogP contribution in [0.2, 0.25) is 0 Å². The van der Waals surface area contributed by atoms with E-state index in [4.69, 9.17) is 4.74 Å². The maximum atomic E-state index is 13.8. The lowest BCUT2D eigenvalue weighted by molar-refractivity contribution is 0.106. The van der Waals surface area contributed by atoms with Crippen LogP contribution in [0.3, 0.4) is 0 Å². The molecule has 1 saturated heterocycles. The standard InChI is InChI=1S/C25H29FN4O3S/c1-29-16-25(27-17-29)34(31,32)28-8-11-33-21-7-6-19-14-24(30-9-3-10-30)23(22(19)15-21)13-18-4-2-5-20(26)12-18/h2,4-7,12,15-17,23-24,28H,3,8-11,13-14H2,1H3. The number of hydrogen-bond donors (Lipinski definition) is 1. The van der Waals surface area contributed by atoms with Gasteiger partial charge in [0.05, 0.1) is 6.33 Å². The second-order valence-electron chi connectivity index (χ2n) is 9.09. The van der Waals surface area contributed by atoms with Gasteiger partial charge in [0, 0.05) is 31.7 Å². The normalized spacial score (nSPS) is 20.2. The van der Waals surface area contributed by atoms with Crippen LogP contribution in [0.25, 0.3) is 0 Å². The van der Waals surface area contributed by atoms with Gasteiger partial charge in [0.1, 0.15) is 18.2 Å². The summed E-state index contributed by atoms with van der Waals surface area (Å²) in [5, 5.41) is -0.00948. The number of imidazole rings is 1. The first kappa shape index (κ1) is 23.0. The molecular weight excluding hydrogens is 455 g/mol. The average Bonchev–Trinajstić information content (AvgIpc) is 3.35. The van der Waals surface area contributed by atoms with Crippen LogP contribution in [0.1, 0.15) is 29.0 Å². The zero-order valence-electron chi connectivity index (χ0n) is 19.2. The number of rotatable bonds is 9. The van der Waals surface area contributed by atoms with E-state index in [1.807, 2.05) is 12.1 Å². The van der Waals surface area contributed by atoms with Gasteiger partial charge in [-0.3, -0.25) is 4.90 Å². The highest BCUT2D eigenvalue weighted by Crippen LogP contribution is 2.41. The molecule has 0 spiro atoms. The molecule has 2 unspecified atom stereocenters. The van der Waals surface area contributed by atoms with Crippen molar-refractivity contribution in [1.29, 1.82) is 0 Å². The van der Waals surface area contributed by atoms with Crippen molar-refractivity contribution in [2.75, 3.05) is 26.2 Å². The lowest BCUT2D eigenvalue weighted by Crippen LogP contribution is -2.47. The van der Waals surface area contributed by atoms with Crippen LogP contribution in [0.5, 0.6) is 5.75 Å². The van der Waals surface area contributed by atoms with E-state index in [0.717, 1.165) is 31.5 Å². The van der Waals surface area contributed by atoms with Crippen LogP contribution in [0, 0.1) is 5.82 Å². The minimum Gasteiger partial charge on any atom is -0.492 e. The number of halogens is 1. The number of sulfonamides is 1. The van der Waals surface area contributed by atoms with Crippen molar-refractivity contribution in [3.63, 3.8) is 0 Å². The zero-order chi connectivity index (χ0) is 23.7. The van der Waals surface area contributed by atoms with E-state index in [1.54, 1.807) is 23.7 Å². The van der Waals surface area contributed by atoms with E-state index in [2.05, 4.69) is 26.7 Å². The summed E-state index contributed by atoms with van der Waals surface area (Å²) in [4.78, 5) is 6.41. The number of fused-ring (bicyclic) bond motifs is 1. The largest absolute Gasteiger partial charge is 0.492 e. The molecular formula is C25H29FN4O3S. The quantitative estimate of drug-likeness (QED) is 0.473. The first-order chi connectivity index (χ1) is 16.4. The van der Waals surface area contributed by atoms with Crippen molar-refractivity contribution >= 4 is 10.0 Å². The van der Waals surface area contributed by atoms with Gasteiger partial charge in [0.2, 0.25) is 0 Å². The number of benzene rings is 2. The van der Waals surface area contributed by atoms with Gasteiger partial charge in [-0.05, 0) is 73.3 Å². The van der Waals surface area contributed by atoms with Gasteiger partial charge < -0.3 is 9.30 Å². The van der Waals surface area contributed by atoms with Crippen LogP contribution >= 0.6 is 0 Å².